The smallest absolute Gasteiger partial charge is 0.271 e. The molecule has 0 bridgehead atoms. The van der Waals surface area contributed by atoms with Crippen LogP contribution in [0.3, 0.4) is 0 Å². The van der Waals surface area contributed by atoms with Crippen molar-refractivity contribution < 1.29 is 13.2 Å². The number of hydrogen-bond donors (Lipinski definition) is 1. The quantitative estimate of drug-likeness (QED) is 0.386. The Bertz CT molecular complexity index is 1400. The molecule has 1 aliphatic rings. The Labute approximate surface area is 201 Å². The number of hydrogen-bond acceptors (Lipinski definition) is 5. The van der Waals surface area contributed by atoms with Crippen molar-refractivity contribution in [1.82, 2.24) is 19.7 Å². The molecule has 182 valence electrons. The van der Waals surface area contributed by atoms with E-state index in [1.807, 2.05) is 6.07 Å². The number of piperazine rings is 1. The van der Waals surface area contributed by atoms with E-state index in [2.05, 4.69) is 26.8 Å². The second-order valence-corrected chi connectivity index (χ2v) is 8.91. The first-order chi connectivity index (χ1) is 16.8. The van der Waals surface area contributed by atoms with Gasteiger partial charge in [0.2, 0.25) is 0 Å². The van der Waals surface area contributed by atoms with Crippen molar-refractivity contribution in [3.05, 3.63) is 72.6 Å². The normalized spacial score (nSPS) is 14.6. The van der Waals surface area contributed by atoms with Crippen molar-refractivity contribution in [2.24, 2.45) is 0 Å². The first-order valence-corrected chi connectivity index (χ1v) is 11.6. The van der Waals surface area contributed by atoms with E-state index in [1.54, 1.807) is 53.0 Å². The fourth-order valence-electron chi connectivity index (χ4n) is 4.70. The molecule has 0 aliphatic carbocycles. The van der Waals surface area contributed by atoms with E-state index in [-0.39, 0.29) is 17.8 Å². The highest BCUT2D eigenvalue weighted by Gasteiger charge is 2.31. The zero-order valence-electron chi connectivity index (χ0n) is 19.7. The van der Waals surface area contributed by atoms with Gasteiger partial charge in [-0.2, -0.15) is 0 Å². The van der Waals surface area contributed by atoms with Crippen LogP contribution in [0.2, 0.25) is 0 Å². The number of rotatable bonds is 6. The lowest BCUT2D eigenvalue weighted by molar-refractivity contribution is 0.0191. The molecule has 1 N–H and O–H groups in total. The second kappa shape index (κ2) is 8.88. The number of halogens is 3. The summed E-state index contributed by atoms with van der Waals surface area (Å²) in [6, 6.07) is 6.59. The maximum Gasteiger partial charge on any atom is 0.271 e. The molecule has 0 unspecified atom stereocenters. The van der Waals surface area contributed by atoms with E-state index in [0.29, 0.717) is 28.0 Å². The minimum Gasteiger partial charge on any atom is -0.369 e. The van der Waals surface area contributed by atoms with Crippen molar-refractivity contribution in [1.29, 1.82) is 0 Å². The van der Waals surface area contributed by atoms with E-state index >= 15 is 8.78 Å². The highest BCUT2D eigenvalue weighted by Crippen LogP contribution is 2.41. The van der Waals surface area contributed by atoms with Crippen LogP contribution in [0.5, 0.6) is 0 Å². The first-order valence-electron chi connectivity index (χ1n) is 11.6. The maximum atomic E-state index is 15.1. The summed E-state index contributed by atoms with van der Waals surface area (Å²) >= 11 is 0. The van der Waals surface area contributed by atoms with Crippen LogP contribution in [0, 0.1) is 12.7 Å². The number of aryl methyl sites for hydroxylation is 1. The van der Waals surface area contributed by atoms with Gasteiger partial charge in [0.15, 0.2) is 11.5 Å². The predicted molar refractivity (Wildman–Crippen MR) is 133 cm³/mol. The Hall–Kier alpha value is -3.59. The fraction of sp³-hybridized carbons (Fsp3) is 0.308. The molecule has 1 fully saturated rings. The highest BCUT2D eigenvalue weighted by atomic mass is 19.3. The van der Waals surface area contributed by atoms with E-state index in [0.717, 1.165) is 38.8 Å². The van der Waals surface area contributed by atoms with Gasteiger partial charge in [-0.05, 0) is 30.5 Å². The van der Waals surface area contributed by atoms with Crippen LogP contribution in [0.4, 0.5) is 30.4 Å². The molecule has 1 aromatic carbocycles. The lowest BCUT2D eigenvalue weighted by Crippen LogP contribution is -2.43. The van der Waals surface area contributed by atoms with Crippen molar-refractivity contribution in [3.63, 3.8) is 0 Å². The molecule has 5 rings (SSSR count). The molecule has 1 aliphatic heterocycles. The molecule has 0 saturated carbocycles. The molecule has 0 spiro atoms. The van der Waals surface area contributed by atoms with Gasteiger partial charge in [-0.1, -0.05) is 6.08 Å². The third-order valence-corrected chi connectivity index (χ3v) is 6.27. The van der Waals surface area contributed by atoms with Crippen LogP contribution < -0.4 is 15.1 Å². The Kier molecular flexibility index (Phi) is 5.88. The number of benzene rings is 1. The number of anilines is 3. The van der Waals surface area contributed by atoms with Gasteiger partial charge >= 0.3 is 0 Å². The van der Waals surface area contributed by atoms with Gasteiger partial charge in [0.05, 0.1) is 11.4 Å². The largest absolute Gasteiger partial charge is 0.369 e. The van der Waals surface area contributed by atoms with Gasteiger partial charge in [0, 0.05) is 80.9 Å². The molecular formula is C26H27F3N6. The molecule has 0 radical (unpaired) electrons. The lowest BCUT2D eigenvalue weighted by atomic mass is 9.98. The number of aromatic nitrogens is 3. The number of pyridine rings is 2. The molecule has 0 atom stereocenters. The average molecular weight is 481 g/mol. The van der Waals surface area contributed by atoms with Gasteiger partial charge in [0.1, 0.15) is 5.82 Å². The highest BCUT2D eigenvalue weighted by molar-refractivity contribution is 5.99. The van der Waals surface area contributed by atoms with Crippen LogP contribution >= 0.6 is 0 Å². The van der Waals surface area contributed by atoms with Crippen LogP contribution in [0.25, 0.3) is 16.4 Å². The Balaban J connectivity index is 1.73. The van der Waals surface area contributed by atoms with Crippen LogP contribution in [0.1, 0.15) is 18.2 Å². The standard InChI is InChI=1S/C26H27F3N6/c1-4-9-35(20-14-22(27)24-32-17(2)15-34(24)16-20)25-23-18(5-6-31-25)12-19(13-21(23)26(3,28)29)33-10-7-30-8-11-33/h4-6,12-16,30H,1,7-11H2,2-3H3. The average Bonchev–Trinajstić information content (AvgIpc) is 3.22. The lowest BCUT2D eigenvalue weighted by Gasteiger charge is -2.31. The van der Waals surface area contributed by atoms with Gasteiger partial charge < -0.3 is 19.5 Å². The number of fused-ring (bicyclic) bond motifs is 2. The topological polar surface area (TPSA) is 48.7 Å². The Morgan fingerprint density at radius 1 is 1.20 bits per heavy atom. The molecule has 9 heteroatoms. The molecule has 0 amide bonds. The molecule has 3 aromatic heterocycles. The van der Waals surface area contributed by atoms with Crippen molar-refractivity contribution in [3.8, 4) is 0 Å². The fourth-order valence-corrected chi connectivity index (χ4v) is 4.70. The molecule has 1 saturated heterocycles. The summed E-state index contributed by atoms with van der Waals surface area (Å²) < 4.78 is 46.7. The van der Waals surface area contributed by atoms with Crippen LogP contribution in [0.15, 0.2) is 55.5 Å². The molecule has 35 heavy (non-hydrogen) atoms. The Morgan fingerprint density at radius 2 is 1.97 bits per heavy atom. The number of imidazole rings is 1. The van der Waals surface area contributed by atoms with E-state index in [1.165, 1.54) is 6.07 Å². The van der Waals surface area contributed by atoms with E-state index < -0.39 is 11.7 Å². The van der Waals surface area contributed by atoms with E-state index in [4.69, 9.17) is 0 Å². The number of nitrogens with one attached hydrogen (secondary N) is 1. The summed E-state index contributed by atoms with van der Waals surface area (Å²) in [6.45, 7) is 9.83. The third-order valence-electron chi connectivity index (χ3n) is 6.27. The maximum absolute atomic E-state index is 15.1. The summed E-state index contributed by atoms with van der Waals surface area (Å²) in [5.41, 5.74) is 1.99. The minimum absolute atomic E-state index is 0.110. The molecule has 6 nitrogen and oxygen atoms in total. The zero-order valence-corrected chi connectivity index (χ0v) is 19.7. The van der Waals surface area contributed by atoms with Crippen molar-refractivity contribution in [2.75, 3.05) is 42.5 Å². The van der Waals surface area contributed by atoms with Gasteiger partial charge in [-0.25, -0.2) is 23.1 Å². The second-order valence-electron chi connectivity index (χ2n) is 8.91. The minimum atomic E-state index is -3.11. The summed E-state index contributed by atoms with van der Waals surface area (Å²) in [5.74, 6) is -3.30. The third kappa shape index (κ3) is 4.32. The Morgan fingerprint density at radius 3 is 2.69 bits per heavy atom. The first kappa shape index (κ1) is 23.2. The van der Waals surface area contributed by atoms with E-state index in [9.17, 15) is 4.39 Å². The summed E-state index contributed by atoms with van der Waals surface area (Å²) in [7, 11) is 0. The molecular weight excluding hydrogens is 453 g/mol. The zero-order chi connectivity index (χ0) is 24.7. The van der Waals surface area contributed by atoms with Crippen molar-refractivity contribution >= 4 is 33.6 Å². The van der Waals surface area contributed by atoms with Gasteiger partial charge in [-0.3, -0.25) is 0 Å². The van der Waals surface area contributed by atoms with Gasteiger partial charge in [0.25, 0.3) is 5.92 Å². The predicted octanol–water partition coefficient (Wildman–Crippen LogP) is 5.18. The van der Waals surface area contributed by atoms with Gasteiger partial charge in [-0.15, -0.1) is 6.58 Å². The summed E-state index contributed by atoms with van der Waals surface area (Å²) in [4.78, 5) is 12.5. The molecule has 4 aromatic rings. The van der Waals surface area contributed by atoms with Crippen LogP contribution in [-0.4, -0.2) is 47.1 Å². The van der Waals surface area contributed by atoms with Crippen LogP contribution in [-0.2, 0) is 5.92 Å². The number of alkyl halides is 2. The number of nitrogens with zero attached hydrogens (tertiary/aromatic N) is 5. The molecule has 4 heterocycles. The summed E-state index contributed by atoms with van der Waals surface area (Å²) in [5, 5.41) is 4.27. The summed E-state index contributed by atoms with van der Waals surface area (Å²) in [6.07, 6.45) is 6.68. The SMILES string of the molecule is C=CCN(c1cc(F)c2nc(C)cn2c1)c1nccc2cc(N3CCNCC3)cc(C(C)(F)F)c12. The monoisotopic (exact) mass is 480 g/mol. The van der Waals surface area contributed by atoms with Crippen molar-refractivity contribution in [2.45, 2.75) is 19.8 Å².